The van der Waals surface area contributed by atoms with Crippen molar-refractivity contribution >= 4 is 8.25 Å². The lowest BCUT2D eigenvalue weighted by Crippen LogP contribution is -2.15. The Morgan fingerprint density at radius 2 is 1.43 bits per heavy atom. The molecule has 1 unspecified atom stereocenters. The summed E-state index contributed by atoms with van der Waals surface area (Å²) >= 11 is 0. The van der Waals surface area contributed by atoms with E-state index in [2.05, 4.69) is 5.48 Å². The van der Waals surface area contributed by atoms with Crippen molar-refractivity contribution in [1.82, 2.24) is 5.48 Å². The van der Waals surface area contributed by atoms with Crippen LogP contribution < -0.4 is 5.48 Å². The Balaban J connectivity index is 3.17. The minimum atomic E-state index is -1.97. The molecule has 0 aliphatic heterocycles. The van der Waals surface area contributed by atoms with Crippen LogP contribution in [0.3, 0.4) is 0 Å². The van der Waals surface area contributed by atoms with E-state index in [4.69, 9.17) is 13.9 Å². The number of hydrogen-bond donors (Lipinski definition) is 1. The first-order chi connectivity index (χ1) is 9.95. The minimum absolute atomic E-state index is 0.410. The number of nitrogens with one attached hydrogen (secondary N) is 1. The van der Waals surface area contributed by atoms with E-state index in [1.165, 1.54) is 38.5 Å². The summed E-state index contributed by atoms with van der Waals surface area (Å²) in [5.74, 6) is 0. The second kappa shape index (κ2) is 13.6. The molecular weight excluding hydrogens is 289 g/mol. The molecule has 0 saturated heterocycles. The van der Waals surface area contributed by atoms with Crippen LogP contribution in [0.1, 0.15) is 72.1 Å². The van der Waals surface area contributed by atoms with Crippen LogP contribution in [-0.2, 0) is 18.5 Å². The van der Waals surface area contributed by atoms with Crippen LogP contribution in [0.25, 0.3) is 0 Å². The second-order valence-corrected chi connectivity index (χ2v) is 7.08. The van der Waals surface area contributed by atoms with Gasteiger partial charge in [-0.25, -0.2) is 5.48 Å². The highest BCUT2D eigenvalue weighted by Crippen LogP contribution is 2.31. The van der Waals surface area contributed by atoms with Crippen molar-refractivity contribution in [2.24, 2.45) is 0 Å². The summed E-state index contributed by atoms with van der Waals surface area (Å²) in [5, 5.41) is 0. The fourth-order valence-corrected chi connectivity index (χ4v) is 2.63. The summed E-state index contributed by atoms with van der Waals surface area (Å²) < 4.78 is 21.8. The number of unbranched alkanes of at least 4 members (excludes halogenated alkanes) is 7. The van der Waals surface area contributed by atoms with Crippen molar-refractivity contribution in [3.8, 4) is 0 Å². The lowest BCUT2D eigenvalue weighted by atomic mass is 10.1. The Bertz CT molecular complexity index is 257. The summed E-state index contributed by atoms with van der Waals surface area (Å²) in [5.41, 5.74) is 2.44. The predicted octanol–water partition coefficient (Wildman–Crippen LogP) is 4.75. The maximum absolute atomic E-state index is 11.4. The van der Waals surface area contributed by atoms with Crippen LogP contribution in [0.4, 0.5) is 0 Å². The SMILES string of the molecule is CONCCCCCCCCCCO[P+](=O)OC(C)(C)C. The van der Waals surface area contributed by atoms with Gasteiger partial charge < -0.3 is 4.84 Å². The molecule has 0 amide bonds. The molecule has 0 heterocycles. The van der Waals surface area contributed by atoms with Gasteiger partial charge in [-0.15, -0.1) is 9.05 Å². The van der Waals surface area contributed by atoms with Crippen molar-refractivity contribution in [3.05, 3.63) is 0 Å². The van der Waals surface area contributed by atoms with Crippen LogP contribution >= 0.6 is 8.25 Å². The van der Waals surface area contributed by atoms with Gasteiger partial charge in [-0.2, -0.15) is 0 Å². The Morgan fingerprint density at radius 3 is 1.95 bits per heavy atom. The molecule has 21 heavy (non-hydrogen) atoms. The van der Waals surface area contributed by atoms with Gasteiger partial charge in [0, 0.05) is 11.1 Å². The third kappa shape index (κ3) is 17.9. The van der Waals surface area contributed by atoms with Crippen LogP contribution in [0.5, 0.6) is 0 Å². The van der Waals surface area contributed by atoms with E-state index in [0.29, 0.717) is 6.61 Å². The molecule has 1 N–H and O–H groups in total. The fraction of sp³-hybridized carbons (Fsp3) is 1.00. The first-order valence-electron chi connectivity index (χ1n) is 8.01. The molecule has 126 valence electrons. The fourth-order valence-electron chi connectivity index (χ4n) is 1.85. The highest BCUT2D eigenvalue weighted by atomic mass is 31.1. The monoisotopic (exact) mass is 322 g/mol. The zero-order valence-electron chi connectivity index (χ0n) is 14.2. The third-order valence-corrected chi connectivity index (χ3v) is 3.95. The van der Waals surface area contributed by atoms with Gasteiger partial charge in [-0.05, 0) is 33.6 Å². The highest BCUT2D eigenvalue weighted by Gasteiger charge is 2.29. The van der Waals surface area contributed by atoms with E-state index in [1.54, 1.807) is 7.11 Å². The van der Waals surface area contributed by atoms with Crippen molar-refractivity contribution < 1.29 is 18.5 Å². The van der Waals surface area contributed by atoms with Gasteiger partial charge in [0.25, 0.3) is 0 Å². The van der Waals surface area contributed by atoms with Gasteiger partial charge in [0.2, 0.25) is 0 Å². The summed E-state index contributed by atoms with van der Waals surface area (Å²) in [4.78, 5) is 4.78. The topological polar surface area (TPSA) is 56.8 Å². The Hall–Kier alpha value is -0.0600. The Labute approximate surface area is 131 Å². The molecule has 1 atom stereocenters. The molecule has 0 spiro atoms. The Kier molecular flexibility index (Phi) is 13.6. The molecule has 0 saturated carbocycles. The smallest absolute Gasteiger partial charge is 0.305 e. The van der Waals surface area contributed by atoms with E-state index in [0.717, 1.165) is 19.4 Å². The maximum atomic E-state index is 11.4. The van der Waals surface area contributed by atoms with Gasteiger partial charge in [-0.1, -0.05) is 38.5 Å². The van der Waals surface area contributed by atoms with Crippen molar-refractivity contribution in [2.45, 2.75) is 77.7 Å². The molecule has 0 rings (SSSR count). The lowest BCUT2D eigenvalue weighted by Gasteiger charge is -2.07. The van der Waals surface area contributed by atoms with E-state index < -0.39 is 13.9 Å². The zero-order chi connectivity index (χ0) is 16.0. The lowest BCUT2D eigenvalue weighted by molar-refractivity contribution is 0.0904. The van der Waals surface area contributed by atoms with Gasteiger partial charge in [0.15, 0.2) is 0 Å². The molecule has 0 aromatic carbocycles. The number of hydrogen-bond acceptors (Lipinski definition) is 5. The standard InChI is InChI=1S/C15H33NO4P/c1-15(2,3)20-21(17)19-14-12-10-8-6-5-7-9-11-13-16-18-4/h16H,5-14H2,1-4H3/q+1. The average molecular weight is 322 g/mol. The molecule has 0 aromatic heterocycles. The van der Waals surface area contributed by atoms with Gasteiger partial charge in [-0.3, -0.25) is 0 Å². The molecule has 0 aliphatic carbocycles. The number of rotatable bonds is 14. The average Bonchev–Trinajstić information content (AvgIpc) is 2.38. The van der Waals surface area contributed by atoms with E-state index in [1.807, 2.05) is 20.8 Å². The first-order valence-corrected chi connectivity index (χ1v) is 9.10. The van der Waals surface area contributed by atoms with Crippen molar-refractivity contribution in [1.29, 1.82) is 0 Å². The normalized spacial score (nSPS) is 12.7. The van der Waals surface area contributed by atoms with Gasteiger partial charge in [0.1, 0.15) is 12.2 Å². The van der Waals surface area contributed by atoms with Crippen LogP contribution in [-0.4, -0.2) is 25.9 Å². The van der Waals surface area contributed by atoms with E-state index in [9.17, 15) is 4.57 Å². The van der Waals surface area contributed by atoms with Crippen molar-refractivity contribution in [3.63, 3.8) is 0 Å². The van der Waals surface area contributed by atoms with E-state index in [-0.39, 0.29) is 0 Å². The van der Waals surface area contributed by atoms with Crippen LogP contribution in [0, 0.1) is 0 Å². The van der Waals surface area contributed by atoms with E-state index >= 15 is 0 Å². The summed E-state index contributed by atoms with van der Waals surface area (Å²) in [7, 11) is -0.325. The molecule has 0 aliphatic rings. The highest BCUT2D eigenvalue weighted by molar-refractivity contribution is 7.33. The van der Waals surface area contributed by atoms with Crippen LogP contribution in [0.15, 0.2) is 0 Å². The quantitative estimate of drug-likeness (QED) is 0.284. The molecule has 0 bridgehead atoms. The molecular formula is C15H33NO4P+. The summed E-state index contributed by atoms with van der Waals surface area (Å²) in [6, 6.07) is 0. The maximum Gasteiger partial charge on any atom is 0.697 e. The second-order valence-electron chi connectivity index (χ2n) is 6.19. The minimum Gasteiger partial charge on any atom is -0.305 e. The molecule has 0 radical (unpaired) electrons. The van der Waals surface area contributed by atoms with Crippen molar-refractivity contribution in [2.75, 3.05) is 20.3 Å². The van der Waals surface area contributed by atoms with Gasteiger partial charge >= 0.3 is 8.25 Å². The van der Waals surface area contributed by atoms with Gasteiger partial charge in [0.05, 0.1) is 7.11 Å². The predicted molar refractivity (Wildman–Crippen MR) is 86.3 cm³/mol. The largest absolute Gasteiger partial charge is 0.697 e. The summed E-state index contributed by atoms with van der Waals surface area (Å²) in [6.45, 7) is 7.06. The summed E-state index contributed by atoms with van der Waals surface area (Å²) in [6.07, 6.45) is 9.56. The molecule has 0 aromatic rings. The number of hydroxylamine groups is 1. The molecule has 5 nitrogen and oxygen atoms in total. The third-order valence-electron chi connectivity index (χ3n) is 2.86. The first kappa shape index (κ1) is 20.9. The Morgan fingerprint density at radius 1 is 0.905 bits per heavy atom. The zero-order valence-corrected chi connectivity index (χ0v) is 15.0. The molecule has 6 heteroatoms. The molecule has 0 fully saturated rings. The van der Waals surface area contributed by atoms with Crippen LogP contribution in [0.2, 0.25) is 0 Å².